The van der Waals surface area contributed by atoms with E-state index in [4.69, 9.17) is 28.9 Å². The minimum absolute atomic E-state index is 0.00283. The normalized spacial score (nSPS) is 26.3. The zero-order valence-corrected chi connectivity index (χ0v) is 17.4. The summed E-state index contributed by atoms with van der Waals surface area (Å²) >= 11 is 12.2. The predicted molar refractivity (Wildman–Crippen MR) is 115 cm³/mol. The molecule has 0 spiro atoms. The summed E-state index contributed by atoms with van der Waals surface area (Å²) in [5, 5.41) is 13.4. The molecule has 3 N–H and O–H groups in total. The lowest BCUT2D eigenvalue weighted by Gasteiger charge is -2.50. The smallest absolute Gasteiger partial charge is 0.0945 e. The molecule has 27 heavy (non-hydrogen) atoms. The molecule has 0 radical (unpaired) electrons. The Balaban J connectivity index is 2.09. The Labute approximate surface area is 172 Å². The van der Waals surface area contributed by atoms with Gasteiger partial charge in [-0.05, 0) is 65.8 Å². The fourth-order valence-electron chi connectivity index (χ4n) is 4.27. The first kappa shape index (κ1) is 20.4. The molecule has 3 rings (SSSR count). The molecule has 1 aliphatic rings. The van der Waals surface area contributed by atoms with Gasteiger partial charge in [0.15, 0.2) is 0 Å². The van der Waals surface area contributed by atoms with Crippen LogP contribution >= 0.6 is 23.2 Å². The van der Waals surface area contributed by atoms with Crippen LogP contribution in [0.4, 0.5) is 0 Å². The summed E-state index contributed by atoms with van der Waals surface area (Å²) in [7, 11) is 0. The number of hydrogen-bond donors (Lipinski definition) is 2. The number of benzene rings is 2. The van der Waals surface area contributed by atoms with E-state index < -0.39 is 5.60 Å². The van der Waals surface area contributed by atoms with E-state index in [0.29, 0.717) is 23.0 Å². The van der Waals surface area contributed by atoms with Gasteiger partial charge in [-0.2, -0.15) is 0 Å². The monoisotopic (exact) mass is 403 g/mol. The molecule has 0 saturated heterocycles. The molecule has 2 unspecified atom stereocenters. The van der Waals surface area contributed by atoms with Gasteiger partial charge in [-0.3, -0.25) is 0 Å². The zero-order valence-electron chi connectivity index (χ0n) is 15.9. The van der Waals surface area contributed by atoms with Gasteiger partial charge in [0.05, 0.1) is 5.60 Å². The molecule has 0 bridgehead atoms. The Morgan fingerprint density at radius 3 is 2.44 bits per heavy atom. The van der Waals surface area contributed by atoms with Crippen LogP contribution in [0.2, 0.25) is 10.0 Å². The average Bonchev–Trinajstić information content (AvgIpc) is 2.60. The van der Waals surface area contributed by atoms with Crippen LogP contribution in [-0.4, -0.2) is 17.3 Å². The van der Waals surface area contributed by atoms with Crippen molar-refractivity contribution in [3.63, 3.8) is 0 Å². The number of aliphatic hydroxyl groups is 1. The maximum Gasteiger partial charge on any atom is 0.0945 e. The molecule has 0 aliphatic heterocycles. The number of hydrogen-bond acceptors (Lipinski definition) is 2. The first-order valence-corrected chi connectivity index (χ1v) is 10.2. The van der Waals surface area contributed by atoms with Crippen molar-refractivity contribution in [2.24, 2.45) is 17.1 Å². The lowest BCUT2D eigenvalue weighted by atomic mass is 9.59. The Morgan fingerprint density at radius 1 is 1.11 bits per heavy atom. The molecular weight excluding hydrogens is 377 g/mol. The van der Waals surface area contributed by atoms with E-state index in [9.17, 15) is 5.11 Å². The van der Waals surface area contributed by atoms with E-state index in [1.807, 2.05) is 48.5 Å². The summed E-state index contributed by atoms with van der Waals surface area (Å²) in [5.74, 6) is 0.00283. The molecule has 2 atom stereocenters. The fraction of sp³-hybridized carbons (Fsp3) is 0.391. The lowest BCUT2D eigenvalue weighted by Crippen LogP contribution is -2.52. The van der Waals surface area contributed by atoms with Gasteiger partial charge in [-0.1, -0.05) is 67.4 Å². The van der Waals surface area contributed by atoms with Gasteiger partial charge < -0.3 is 10.8 Å². The summed E-state index contributed by atoms with van der Waals surface area (Å²) in [4.78, 5) is 0. The molecular formula is C23H27Cl2NO. The lowest BCUT2D eigenvalue weighted by molar-refractivity contribution is -0.0245. The highest BCUT2D eigenvalue weighted by Crippen LogP contribution is 2.50. The molecule has 1 fully saturated rings. The quantitative estimate of drug-likeness (QED) is 0.682. The average molecular weight is 404 g/mol. The maximum absolute atomic E-state index is 12.0. The third kappa shape index (κ3) is 4.41. The highest BCUT2D eigenvalue weighted by molar-refractivity contribution is 6.30. The number of nitrogens with two attached hydrogens (primary N) is 1. The molecule has 2 nitrogen and oxygen atoms in total. The predicted octanol–water partition coefficient (Wildman–Crippen LogP) is 5.75. The van der Waals surface area contributed by atoms with Crippen molar-refractivity contribution >= 4 is 29.3 Å². The second-order valence-corrected chi connectivity index (χ2v) is 9.07. The molecule has 1 saturated carbocycles. The summed E-state index contributed by atoms with van der Waals surface area (Å²) < 4.78 is 0. The second kappa shape index (κ2) is 7.97. The molecule has 0 amide bonds. The van der Waals surface area contributed by atoms with Crippen LogP contribution in [0.1, 0.15) is 37.8 Å². The Morgan fingerprint density at radius 2 is 1.81 bits per heavy atom. The summed E-state index contributed by atoms with van der Waals surface area (Å²) in [6, 6.07) is 15.4. The zero-order chi connectivity index (χ0) is 19.7. The van der Waals surface area contributed by atoms with E-state index >= 15 is 0 Å². The van der Waals surface area contributed by atoms with Crippen molar-refractivity contribution < 1.29 is 5.11 Å². The molecule has 0 heterocycles. The van der Waals surface area contributed by atoms with Crippen molar-refractivity contribution in [1.82, 2.24) is 0 Å². The minimum Gasteiger partial charge on any atom is -0.385 e. The van der Waals surface area contributed by atoms with Crippen molar-refractivity contribution in [2.75, 3.05) is 6.54 Å². The fourth-order valence-corrected chi connectivity index (χ4v) is 4.61. The van der Waals surface area contributed by atoms with Gasteiger partial charge in [0, 0.05) is 22.4 Å². The van der Waals surface area contributed by atoms with Crippen LogP contribution in [0.5, 0.6) is 0 Å². The van der Waals surface area contributed by atoms with Gasteiger partial charge >= 0.3 is 0 Å². The summed E-state index contributed by atoms with van der Waals surface area (Å²) in [5.41, 5.74) is 8.03. The Kier molecular flexibility index (Phi) is 6.02. The molecule has 2 aromatic rings. The summed E-state index contributed by atoms with van der Waals surface area (Å²) in [6.45, 7) is 4.85. The Hall–Kier alpha value is -1.32. The van der Waals surface area contributed by atoms with Gasteiger partial charge in [0.1, 0.15) is 0 Å². The number of halogens is 2. The Bertz CT molecular complexity index is 829. The molecule has 2 aromatic carbocycles. The van der Waals surface area contributed by atoms with E-state index in [0.717, 1.165) is 29.5 Å². The first-order chi connectivity index (χ1) is 12.7. The van der Waals surface area contributed by atoms with Gasteiger partial charge in [-0.25, -0.2) is 0 Å². The van der Waals surface area contributed by atoms with E-state index in [-0.39, 0.29) is 11.3 Å². The molecule has 0 aromatic heterocycles. The maximum atomic E-state index is 12.0. The van der Waals surface area contributed by atoms with Crippen LogP contribution in [0.3, 0.4) is 0 Å². The topological polar surface area (TPSA) is 46.2 Å². The van der Waals surface area contributed by atoms with Gasteiger partial charge in [0.2, 0.25) is 0 Å². The van der Waals surface area contributed by atoms with Crippen molar-refractivity contribution in [1.29, 1.82) is 0 Å². The van der Waals surface area contributed by atoms with Crippen LogP contribution < -0.4 is 5.73 Å². The highest BCUT2D eigenvalue weighted by Gasteiger charge is 2.49. The van der Waals surface area contributed by atoms with E-state index in [2.05, 4.69) is 19.9 Å². The highest BCUT2D eigenvalue weighted by atomic mass is 35.5. The molecule has 144 valence electrons. The standard InChI is InChI=1S/C23H27Cl2NO/c1-22(2)11-10-18(15-26)23(27,14-17-4-3-5-20(25)12-17)21(22)13-16-6-8-19(24)9-7-16/h3-9,12-13,18,27H,10-11,14-15,26H2,1-2H3. The van der Waals surface area contributed by atoms with Crippen molar-refractivity contribution in [3.05, 3.63) is 75.3 Å². The van der Waals surface area contributed by atoms with Crippen molar-refractivity contribution in [2.45, 2.75) is 38.7 Å². The van der Waals surface area contributed by atoms with Gasteiger partial charge in [-0.15, -0.1) is 0 Å². The minimum atomic E-state index is -1.01. The first-order valence-electron chi connectivity index (χ1n) is 9.40. The largest absolute Gasteiger partial charge is 0.385 e. The molecule has 4 heteroatoms. The SMILES string of the molecule is CC1(C)CCC(CN)C(O)(Cc2cccc(Cl)c2)C1=Cc1ccc(Cl)cc1. The van der Waals surface area contributed by atoms with Crippen LogP contribution in [-0.2, 0) is 6.42 Å². The number of rotatable bonds is 4. The van der Waals surface area contributed by atoms with Crippen LogP contribution in [0.15, 0.2) is 54.1 Å². The van der Waals surface area contributed by atoms with Crippen LogP contribution in [0, 0.1) is 11.3 Å². The molecule has 1 aliphatic carbocycles. The van der Waals surface area contributed by atoms with E-state index in [1.54, 1.807) is 0 Å². The van der Waals surface area contributed by atoms with E-state index in [1.165, 1.54) is 0 Å². The third-order valence-electron chi connectivity index (χ3n) is 5.82. The van der Waals surface area contributed by atoms with Crippen molar-refractivity contribution in [3.8, 4) is 0 Å². The third-order valence-corrected chi connectivity index (χ3v) is 6.30. The van der Waals surface area contributed by atoms with Crippen LogP contribution in [0.25, 0.3) is 6.08 Å². The summed E-state index contributed by atoms with van der Waals surface area (Å²) in [6.07, 6.45) is 4.51. The second-order valence-electron chi connectivity index (χ2n) is 8.20. The van der Waals surface area contributed by atoms with Gasteiger partial charge in [0.25, 0.3) is 0 Å².